The first-order chi connectivity index (χ1) is 8.47. The monoisotopic (exact) mass is 246 g/mol. The van der Waals surface area contributed by atoms with Crippen LogP contribution in [0.2, 0.25) is 0 Å². The Kier molecular flexibility index (Phi) is 3.34. The lowest BCUT2D eigenvalue weighted by atomic mass is 10.0. The molecule has 0 fully saturated rings. The number of aromatic amines is 1. The molecule has 0 saturated heterocycles. The van der Waals surface area contributed by atoms with Crippen molar-refractivity contribution in [3.8, 4) is 0 Å². The van der Waals surface area contributed by atoms with Crippen molar-refractivity contribution >= 4 is 16.9 Å². The molecular formula is C13H18N4O. The highest BCUT2D eigenvalue weighted by Gasteiger charge is 2.16. The summed E-state index contributed by atoms with van der Waals surface area (Å²) in [4.78, 5) is 19.4. The molecule has 18 heavy (non-hydrogen) atoms. The maximum Gasteiger partial charge on any atom is 0.241 e. The van der Waals surface area contributed by atoms with Gasteiger partial charge in [0.05, 0.1) is 17.0 Å². The third kappa shape index (κ3) is 2.51. The van der Waals surface area contributed by atoms with Gasteiger partial charge in [0.25, 0.3) is 0 Å². The van der Waals surface area contributed by atoms with Gasteiger partial charge < -0.3 is 4.98 Å². The molecule has 2 rings (SSSR count). The Balaban J connectivity index is 2.27. The van der Waals surface area contributed by atoms with E-state index in [-0.39, 0.29) is 11.8 Å². The third-order valence-electron chi connectivity index (χ3n) is 2.85. The van der Waals surface area contributed by atoms with Gasteiger partial charge in [0.2, 0.25) is 5.91 Å². The van der Waals surface area contributed by atoms with E-state index in [1.54, 1.807) is 19.1 Å². The van der Waals surface area contributed by atoms with E-state index in [2.05, 4.69) is 15.4 Å². The standard InChI is InChI=1S/C13H18N4O/c1-8(13(18)16-17(3)4)10-5-6-11-12(7-10)15-9(2)14-11/h5-8H,1-4H3,(H,14,15)(H,16,18). The van der Waals surface area contributed by atoms with Crippen LogP contribution < -0.4 is 5.43 Å². The Labute approximate surface area is 106 Å². The minimum atomic E-state index is -0.194. The zero-order chi connectivity index (χ0) is 13.3. The van der Waals surface area contributed by atoms with E-state index in [9.17, 15) is 4.79 Å². The van der Waals surface area contributed by atoms with Crippen molar-refractivity contribution in [2.24, 2.45) is 0 Å². The molecule has 1 atom stereocenters. The van der Waals surface area contributed by atoms with Gasteiger partial charge in [-0.3, -0.25) is 10.2 Å². The number of fused-ring (bicyclic) bond motifs is 1. The van der Waals surface area contributed by atoms with Crippen LogP contribution in [0.5, 0.6) is 0 Å². The molecule has 0 spiro atoms. The predicted molar refractivity (Wildman–Crippen MR) is 71.1 cm³/mol. The molecule has 96 valence electrons. The minimum absolute atomic E-state index is 0.0180. The lowest BCUT2D eigenvalue weighted by Gasteiger charge is -2.16. The molecule has 5 heteroatoms. The first kappa shape index (κ1) is 12.6. The highest BCUT2D eigenvalue weighted by atomic mass is 16.2. The van der Waals surface area contributed by atoms with Gasteiger partial charge in [0, 0.05) is 14.1 Å². The zero-order valence-electron chi connectivity index (χ0n) is 11.1. The summed E-state index contributed by atoms with van der Waals surface area (Å²) in [5.41, 5.74) is 5.63. The Morgan fingerprint density at radius 2 is 2.17 bits per heavy atom. The predicted octanol–water partition coefficient (Wildman–Crippen LogP) is 1.57. The average Bonchev–Trinajstić information content (AvgIpc) is 2.65. The Bertz CT molecular complexity index is 573. The molecule has 1 aromatic heterocycles. The summed E-state index contributed by atoms with van der Waals surface area (Å²) in [6.45, 7) is 3.81. The van der Waals surface area contributed by atoms with Crippen LogP contribution >= 0.6 is 0 Å². The fourth-order valence-corrected chi connectivity index (χ4v) is 1.89. The summed E-state index contributed by atoms with van der Waals surface area (Å²) in [5.74, 6) is 0.670. The van der Waals surface area contributed by atoms with Gasteiger partial charge in [-0.25, -0.2) is 9.99 Å². The second-order valence-electron chi connectivity index (χ2n) is 4.69. The number of benzene rings is 1. The van der Waals surface area contributed by atoms with Crippen molar-refractivity contribution in [1.29, 1.82) is 0 Å². The van der Waals surface area contributed by atoms with E-state index in [0.29, 0.717) is 0 Å². The lowest BCUT2D eigenvalue weighted by molar-refractivity contribution is -0.125. The fourth-order valence-electron chi connectivity index (χ4n) is 1.89. The molecule has 0 aliphatic carbocycles. The maximum atomic E-state index is 11.9. The first-order valence-corrected chi connectivity index (χ1v) is 5.91. The van der Waals surface area contributed by atoms with Crippen LogP contribution in [0.3, 0.4) is 0 Å². The topological polar surface area (TPSA) is 61.0 Å². The second kappa shape index (κ2) is 4.78. The van der Waals surface area contributed by atoms with E-state index in [0.717, 1.165) is 22.4 Å². The Morgan fingerprint density at radius 3 is 2.83 bits per heavy atom. The van der Waals surface area contributed by atoms with Crippen LogP contribution in [0.25, 0.3) is 11.0 Å². The number of nitrogens with zero attached hydrogens (tertiary/aromatic N) is 2. The Morgan fingerprint density at radius 1 is 1.44 bits per heavy atom. The highest BCUT2D eigenvalue weighted by Crippen LogP contribution is 2.20. The molecule has 0 aliphatic rings. The van der Waals surface area contributed by atoms with Crippen molar-refractivity contribution in [3.63, 3.8) is 0 Å². The summed E-state index contributed by atoms with van der Waals surface area (Å²) >= 11 is 0. The maximum absolute atomic E-state index is 11.9. The minimum Gasteiger partial charge on any atom is -0.342 e. The zero-order valence-corrected chi connectivity index (χ0v) is 11.1. The number of hydrogen-bond acceptors (Lipinski definition) is 3. The van der Waals surface area contributed by atoms with Crippen LogP contribution in [-0.4, -0.2) is 35.0 Å². The molecule has 0 saturated carbocycles. The largest absolute Gasteiger partial charge is 0.342 e. The first-order valence-electron chi connectivity index (χ1n) is 5.91. The van der Waals surface area contributed by atoms with Gasteiger partial charge in [-0.2, -0.15) is 0 Å². The molecule has 0 aliphatic heterocycles. The molecule has 1 aromatic carbocycles. The molecule has 1 unspecified atom stereocenters. The second-order valence-corrected chi connectivity index (χ2v) is 4.69. The summed E-state index contributed by atoms with van der Waals surface area (Å²) in [6.07, 6.45) is 0. The molecule has 1 amide bonds. The molecule has 0 radical (unpaired) electrons. The fraction of sp³-hybridized carbons (Fsp3) is 0.385. The summed E-state index contributed by atoms with van der Waals surface area (Å²) < 4.78 is 0. The van der Waals surface area contributed by atoms with Crippen molar-refractivity contribution in [2.45, 2.75) is 19.8 Å². The van der Waals surface area contributed by atoms with Gasteiger partial charge in [0.1, 0.15) is 5.82 Å². The number of hydrazine groups is 1. The quantitative estimate of drug-likeness (QED) is 0.808. The Hall–Kier alpha value is -1.88. The number of nitrogens with one attached hydrogen (secondary N) is 2. The molecule has 0 bridgehead atoms. The SMILES string of the molecule is Cc1nc2ccc(C(C)C(=O)NN(C)C)cc2[nH]1. The summed E-state index contributed by atoms with van der Waals surface area (Å²) in [5, 5.41) is 1.65. The number of carbonyl (C=O) groups excluding carboxylic acids is 1. The number of imidazole rings is 1. The molecule has 5 nitrogen and oxygen atoms in total. The van der Waals surface area contributed by atoms with Gasteiger partial charge in [-0.15, -0.1) is 0 Å². The smallest absolute Gasteiger partial charge is 0.241 e. The van der Waals surface area contributed by atoms with Crippen LogP contribution in [0, 0.1) is 6.92 Å². The number of rotatable bonds is 3. The number of hydrogen-bond donors (Lipinski definition) is 2. The van der Waals surface area contributed by atoms with Crippen molar-refractivity contribution in [2.75, 3.05) is 14.1 Å². The highest BCUT2D eigenvalue weighted by molar-refractivity contribution is 5.85. The van der Waals surface area contributed by atoms with E-state index < -0.39 is 0 Å². The van der Waals surface area contributed by atoms with Crippen molar-refractivity contribution in [3.05, 3.63) is 29.6 Å². The van der Waals surface area contributed by atoms with E-state index >= 15 is 0 Å². The third-order valence-corrected chi connectivity index (χ3v) is 2.85. The van der Waals surface area contributed by atoms with Crippen LogP contribution in [0.1, 0.15) is 24.2 Å². The lowest BCUT2D eigenvalue weighted by Crippen LogP contribution is -2.38. The molecule has 2 N–H and O–H groups in total. The van der Waals surface area contributed by atoms with Crippen LogP contribution in [-0.2, 0) is 4.79 Å². The number of amides is 1. The van der Waals surface area contributed by atoms with Crippen LogP contribution in [0.15, 0.2) is 18.2 Å². The van der Waals surface area contributed by atoms with E-state index in [1.807, 2.05) is 32.0 Å². The van der Waals surface area contributed by atoms with Gasteiger partial charge >= 0.3 is 0 Å². The molecule has 2 aromatic rings. The number of aromatic nitrogens is 2. The molecular weight excluding hydrogens is 228 g/mol. The molecule has 1 heterocycles. The van der Waals surface area contributed by atoms with Gasteiger partial charge in [0.15, 0.2) is 0 Å². The van der Waals surface area contributed by atoms with Crippen LogP contribution in [0.4, 0.5) is 0 Å². The van der Waals surface area contributed by atoms with Gasteiger partial charge in [-0.1, -0.05) is 6.07 Å². The number of H-pyrrole nitrogens is 1. The van der Waals surface area contributed by atoms with Crippen molar-refractivity contribution in [1.82, 2.24) is 20.4 Å². The van der Waals surface area contributed by atoms with Crippen molar-refractivity contribution < 1.29 is 4.79 Å². The number of aryl methyl sites for hydroxylation is 1. The van der Waals surface area contributed by atoms with Gasteiger partial charge in [-0.05, 0) is 31.5 Å². The average molecular weight is 246 g/mol. The summed E-state index contributed by atoms with van der Waals surface area (Å²) in [7, 11) is 3.60. The summed E-state index contributed by atoms with van der Waals surface area (Å²) in [6, 6.07) is 5.87. The van der Waals surface area contributed by atoms with E-state index in [1.165, 1.54) is 0 Å². The normalized spacial score (nSPS) is 12.9. The van der Waals surface area contributed by atoms with E-state index in [4.69, 9.17) is 0 Å². The number of carbonyl (C=O) groups is 1.